The number of aromatic nitrogens is 4. The van der Waals surface area contributed by atoms with E-state index < -0.39 is 0 Å². The predicted molar refractivity (Wildman–Crippen MR) is 137 cm³/mol. The molecule has 1 fully saturated rings. The Morgan fingerprint density at radius 2 is 1.85 bits per heavy atom. The number of thiazole rings is 1. The minimum atomic E-state index is -0.237. The minimum Gasteiger partial charge on any atom is -0.366 e. The number of hydrogen-bond acceptors (Lipinski definition) is 9. The third-order valence-corrected chi connectivity index (χ3v) is 7.08. The maximum absolute atomic E-state index is 12.6. The van der Waals surface area contributed by atoms with E-state index in [9.17, 15) is 4.79 Å². The molecule has 0 saturated carbocycles. The van der Waals surface area contributed by atoms with Crippen molar-refractivity contribution in [1.29, 1.82) is 0 Å². The number of carbonyl (C=O) groups excluding carboxylic acids is 1. The van der Waals surface area contributed by atoms with Gasteiger partial charge < -0.3 is 20.0 Å². The number of pyridine rings is 3. The fourth-order valence-electron chi connectivity index (χ4n) is 3.80. The van der Waals surface area contributed by atoms with Gasteiger partial charge in [-0.3, -0.25) is 9.78 Å². The van der Waals surface area contributed by atoms with Crippen LogP contribution in [0.3, 0.4) is 0 Å². The molecule has 9 nitrogen and oxygen atoms in total. The first-order valence-corrected chi connectivity index (χ1v) is 11.8. The summed E-state index contributed by atoms with van der Waals surface area (Å²) >= 11 is 1.61. The van der Waals surface area contributed by atoms with Gasteiger partial charge in [0.25, 0.3) is 5.91 Å². The molecule has 0 bridgehead atoms. The van der Waals surface area contributed by atoms with E-state index in [2.05, 4.69) is 50.2 Å². The second-order valence-corrected chi connectivity index (χ2v) is 9.74. The number of amides is 1. The largest absolute Gasteiger partial charge is 0.366 e. The van der Waals surface area contributed by atoms with Gasteiger partial charge in [0.15, 0.2) is 5.13 Å². The first-order chi connectivity index (χ1) is 16.4. The molecule has 0 aliphatic carbocycles. The van der Waals surface area contributed by atoms with Crippen molar-refractivity contribution < 1.29 is 4.79 Å². The summed E-state index contributed by atoms with van der Waals surface area (Å²) in [7, 11) is 8.19. The van der Waals surface area contributed by atoms with Crippen LogP contribution >= 0.6 is 11.3 Å². The number of anilines is 3. The molecule has 0 atom stereocenters. The highest BCUT2D eigenvalue weighted by molar-refractivity contribution is 7.18. The zero-order valence-electron chi connectivity index (χ0n) is 19.6. The van der Waals surface area contributed by atoms with E-state index in [0.29, 0.717) is 17.4 Å². The van der Waals surface area contributed by atoms with Gasteiger partial charge in [0.2, 0.25) is 0 Å². The molecule has 0 radical (unpaired) electrons. The Bertz CT molecular complexity index is 1330. The Morgan fingerprint density at radius 1 is 1.09 bits per heavy atom. The second-order valence-electron chi connectivity index (χ2n) is 8.73. The van der Waals surface area contributed by atoms with Crippen molar-refractivity contribution in [2.45, 2.75) is 6.04 Å². The fraction of sp³-hybridized carbons (Fsp3) is 0.292. The maximum Gasteiger partial charge on any atom is 0.256 e. The van der Waals surface area contributed by atoms with E-state index in [0.717, 1.165) is 45.4 Å². The van der Waals surface area contributed by atoms with Gasteiger partial charge in [0.05, 0.1) is 16.1 Å². The van der Waals surface area contributed by atoms with Gasteiger partial charge in [-0.05, 0) is 32.3 Å². The number of rotatable bonds is 6. The molecule has 5 heterocycles. The molecule has 0 aromatic carbocycles. The molecule has 1 saturated heterocycles. The van der Waals surface area contributed by atoms with Gasteiger partial charge in [-0.15, -0.1) is 0 Å². The molecule has 1 aliphatic heterocycles. The van der Waals surface area contributed by atoms with E-state index in [1.165, 1.54) is 0 Å². The molecule has 174 valence electrons. The molecular weight excluding hydrogens is 448 g/mol. The summed E-state index contributed by atoms with van der Waals surface area (Å²) in [5, 5.41) is 4.71. The number of carbonyl (C=O) groups is 1. The Kier molecular flexibility index (Phi) is 5.84. The van der Waals surface area contributed by atoms with Crippen molar-refractivity contribution in [3.05, 3.63) is 54.6 Å². The number of likely N-dealkylation sites (N-methyl/N-ethyl adjacent to an activating group) is 1. The van der Waals surface area contributed by atoms with E-state index in [4.69, 9.17) is 4.98 Å². The van der Waals surface area contributed by atoms with Crippen LogP contribution in [0.1, 0.15) is 10.4 Å². The van der Waals surface area contributed by atoms with Crippen LogP contribution in [0.15, 0.2) is 49.1 Å². The van der Waals surface area contributed by atoms with Crippen molar-refractivity contribution in [1.82, 2.24) is 24.8 Å². The zero-order valence-corrected chi connectivity index (χ0v) is 20.4. The molecule has 10 heteroatoms. The van der Waals surface area contributed by atoms with Crippen LogP contribution in [-0.4, -0.2) is 78.1 Å². The third-order valence-electron chi connectivity index (χ3n) is 5.91. The number of nitrogens with one attached hydrogen (secondary N) is 1. The van der Waals surface area contributed by atoms with Crippen LogP contribution in [0.2, 0.25) is 0 Å². The van der Waals surface area contributed by atoms with E-state index in [-0.39, 0.29) is 5.91 Å². The monoisotopic (exact) mass is 474 g/mol. The lowest BCUT2D eigenvalue weighted by atomic mass is 10.0. The van der Waals surface area contributed by atoms with Crippen LogP contribution in [0, 0.1) is 0 Å². The van der Waals surface area contributed by atoms with Gasteiger partial charge >= 0.3 is 0 Å². The lowest BCUT2D eigenvalue weighted by Gasteiger charge is -2.44. The van der Waals surface area contributed by atoms with Gasteiger partial charge in [0.1, 0.15) is 11.5 Å². The van der Waals surface area contributed by atoms with Crippen molar-refractivity contribution in [2.24, 2.45) is 0 Å². The van der Waals surface area contributed by atoms with Crippen molar-refractivity contribution >= 4 is 44.8 Å². The Labute approximate surface area is 202 Å². The minimum absolute atomic E-state index is 0.237. The number of fused-ring (bicyclic) bond motifs is 1. The second kappa shape index (κ2) is 8.96. The molecule has 5 rings (SSSR count). The van der Waals surface area contributed by atoms with Crippen molar-refractivity contribution in [3.8, 4) is 10.6 Å². The van der Waals surface area contributed by atoms with Crippen LogP contribution < -0.4 is 15.1 Å². The average Bonchev–Trinajstić information content (AvgIpc) is 3.28. The van der Waals surface area contributed by atoms with Crippen LogP contribution in [0.4, 0.5) is 16.6 Å². The van der Waals surface area contributed by atoms with E-state index >= 15 is 0 Å². The highest BCUT2D eigenvalue weighted by atomic mass is 32.1. The smallest absolute Gasteiger partial charge is 0.256 e. The highest BCUT2D eigenvalue weighted by Gasteiger charge is 2.31. The molecule has 1 amide bonds. The SMILES string of the molecule is CN(C)c1ncc(-c2nc3cc(NC(=O)c4ccncc4)ncc3cc2N2CC(N(C)C)C2)s1. The molecule has 0 unspecified atom stereocenters. The normalized spacial score (nSPS) is 13.9. The lowest BCUT2D eigenvalue weighted by molar-refractivity contribution is 0.102. The molecule has 1 N–H and O–H groups in total. The molecule has 1 aliphatic rings. The first-order valence-electron chi connectivity index (χ1n) is 11.0. The zero-order chi connectivity index (χ0) is 23.8. The summed E-state index contributed by atoms with van der Waals surface area (Å²) < 4.78 is 0. The van der Waals surface area contributed by atoms with Crippen molar-refractivity contribution in [2.75, 3.05) is 56.4 Å². The summed E-state index contributed by atoms with van der Waals surface area (Å²) in [5.74, 6) is 0.218. The fourth-order valence-corrected chi connectivity index (χ4v) is 4.64. The molecule has 0 spiro atoms. The number of nitrogens with zero attached hydrogens (tertiary/aromatic N) is 7. The summed E-state index contributed by atoms with van der Waals surface area (Å²) in [6.45, 7) is 1.89. The van der Waals surface area contributed by atoms with Crippen molar-refractivity contribution in [3.63, 3.8) is 0 Å². The lowest BCUT2D eigenvalue weighted by Crippen LogP contribution is -2.57. The van der Waals surface area contributed by atoms with E-state index in [1.54, 1.807) is 42.1 Å². The first kappa shape index (κ1) is 22.2. The van der Waals surface area contributed by atoms with Gasteiger partial charge in [-0.2, -0.15) is 0 Å². The topological polar surface area (TPSA) is 90.4 Å². The summed E-state index contributed by atoms with van der Waals surface area (Å²) in [6.07, 6.45) is 6.82. The Morgan fingerprint density at radius 3 is 2.53 bits per heavy atom. The molecular formula is C24H26N8OS. The maximum atomic E-state index is 12.6. The summed E-state index contributed by atoms with van der Waals surface area (Å²) in [6, 6.07) is 7.80. The van der Waals surface area contributed by atoms with E-state index in [1.807, 2.05) is 31.3 Å². The number of hydrogen-bond donors (Lipinski definition) is 1. The Balaban J connectivity index is 1.52. The Hall–Kier alpha value is -3.63. The predicted octanol–water partition coefficient (Wildman–Crippen LogP) is 3.22. The highest BCUT2D eigenvalue weighted by Crippen LogP contribution is 2.39. The molecule has 34 heavy (non-hydrogen) atoms. The molecule has 4 aromatic heterocycles. The van der Waals surface area contributed by atoms with Gasteiger partial charge in [-0.25, -0.2) is 15.0 Å². The van der Waals surface area contributed by atoms with Gasteiger partial charge in [0, 0.05) is 75.0 Å². The van der Waals surface area contributed by atoms with Gasteiger partial charge in [-0.1, -0.05) is 11.3 Å². The average molecular weight is 475 g/mol. The standard InChI is InChI=1S/C24H26N8OS/c1-30(2)17-13-32(14-17)19-9-16-11-26-21(29-23(33)15-5-7-25-8-6-15)10-18(16)28-22(19)20-12-27-24(34-20)31(3)4/h5-12,17H,13-14H2,1-4H3,(H,26,29,33). The summed E-state index contributed by atoms with van der Waals surface area (Å²) in [5.41, 5.74) is 3.26. The van der Waals surface area contributed by atoms with Crippen LogP contribution in [0.25, 0.3) is 21.5 Å². The summed E-state index contributed by atoms with van der Waals surface area (Å²) in [4.78, 5) is 38.2. The quantitative estimate of drug-likeness (QED) is 0.456. The van der Waals surface area contributed by atoms with Crippen LogP contribution in [-0.2, 0) is 0 Å². The third kappa shape index (κ3) is 4.29. The van der Waals surface area contributed by atoms with Crippen LogP contribution in [0.5, 0.6) is 0 Å². The molecule has 4 aromatic rings.